The number of hydrogen-bond acceptors (Lipinski definition) is 2. The van der Waals surface area contributed by atoms with Gasteiger partial charge in [0.05, 0.1) is 0 Å². The lowest BCUT2D eigenvalue weighted by Gasteiger charge is -2.13. The zero-order chi connectivity index (χ0) is 10.7. The molecule has 5 heteroatoms. The normalized spacial score (nSPS) is 9.50. The first-order chi connectivity index (χ1) is 6.52. The molecule has 0 aliphatic carbocycles. The van der Waals surface area contributed by atoms with Crippen LogP contribution in [0, 0.1) is 0 Å². The summed E-state index contributed by atoms with van der Waals surface area (Å²) in [6, 6.07) is 5.72. The first-order valence-electron chi connectivity index (χ1n) is 3.95. The molecule has 0 unspecified atom stereocenters. The zero-order valence-electron chi connectivity index (χ0n) is 7.73. The second kappa shape index (κ2) is 3.78. The van der Waals surface area contributed by atoms with Crippen molar-refractivity contribution in [3.05, 3.63) is 29.8 Å². The molecular weight excluding hydrogens is 182 g/mol. The molecular formula is C9H11N3O2. The van der Waals surface area contributed by atoms with Crippen LogP contribution in [0.2, 0.25) is 0 Å². The lowest BCUT2D eigenvalue weighted by Crippen LogP contribution is -2.31. The topological polar surface area (TPSA) is 89.4 Å². The zero-order valence-corrected chi connectivity index (χ0v) is 7.73. The van der Waals surface area contributed by atoms with Gasteiger partial charge in [-0.25, -0.2) is 4.79 Å². The average Bonchev–Trinajstić information content (AvgIpc) is 2.16. The van der Waals surface area contributed by atoms with E-state index in [4.69, 9.17) is 11.5 Å². The molecule has 0 aliphatic heterocycles. The highest BCUT2D eigenvalue weighted by Gasteiger charge is 2.06. The van der Waals surface area contributed by atoms with Crippen LogP contribution in [0.1, 0.15) is 10.4 Å². The Kier molecular flexibility index (Phi) is 2.71. The Labute approximate surface area is 81.3 Å². The van der Waals surface area contributed by atoms with Crippen LogP contribution >= 0.6 is 0 Å². The Balaban J connectivity index is 2.94. The summed E-state index contributed by atoms with van der Waals surface area (Å²) in [7, 11) is 1.54. The van der Waals surface area contributed by atoms with Gasteiger partial charge in [0.25, 0.3) is 0 Å². The number of primary amides is 2. The second-order valence-electron chi connectivity index (χ2n) is 2.81. The number of carbonyl (C=O) groups excluding carboxylic acids is 2. The standard InChI is InChI=1S/C9H11N3O2/c1-12(9(11)14)7-4-2-6(3-5-7)8(10)13/h2-5H,1H3,(H2,10,13)(H2,11,14). The van der Waals surface area contributed by atoms with Crippen molar-refractivity contribution < 1.29 is 9.59 Å². The molecule has 0 bridgehead atoms. The summed E-state index contributed by atoms with van der Waals surface area (Å²) in [6.45, 7) is 0. The van der Waals surface area contributed by atoms with Crippen LogP contribution in [-0.4, -0.2) is 19.0 Å². The number of carbonyl (C=O) groups is 2. The number of nitrogens with zero attached hydrogens (tertiary/aromatic N) is 1. The van der Waals surface area contributed by atoms with Gasteiger partial charge < -0.3 is 11.5 Å². The minimum absolute atomic E-state index is 0.395. The van der Waals surface area contributed by atoms with E-state index in [9.17, 15) is 9.59 Å². The summed E-state index contributed by atoms with van der Waals surface area (Å²) >= 11 is 0. The lowest BCUT2D eigenvalue weighted by molar-refractivity contribution is 0.100. The molecule has 0 fully saturated rings. The number of urea groups is 1. The number of nitrogens with two attached hydrogens (primary N) is 2. The smallest absolute Gasteiger partial charge is 0.318 e. The highest BCUT2D eigenvalue weighted by molar-refractivity contribution is 5.94. The predicted molar refractivity (Wildman–Crippen MR) is 52.9 cm³/mol. The first kappa shape index (κ1) is 10.0. The Morgan fingerprint density at radius 3 is 2.00 bits per heavy atom. The highest BCUT2D eigenvalue weighted by Crippen LogP contribution is 2.12. The van der Waals surface area contributed by atoms with E-state index in [1.807, 2.05) is 0 Å². The third kappa shape index (κ3) is 2.01. The molecule has 0 aliphatic rings. The summed E-state index contributed by atoms with van der Waals surface area (Å²) in [4.78, 5) is 22.8. The molecule has 5 nitrogen and oxygen atoms in total. The van der Waals surface area contributed by atoms with Crippen molar-refractivity contribution in [3.8, 4) is 0 Å². The summed E-state index contributed by atoms with van der Waals surface area (Å²) in [5, 5.41) is 0. The largest absolute Gasteiger partial charge is 0.366 e. The van der Waals surface area contributed by atoms with Gasteiger partial charge in [0, 0.05) is 18.3 Å². The van der Waals surface area contributed by atoms with Crippen LogP contribution in [0.25, 0.3) is 0 Å². The second-order valence-corrected chi connectivity index (χ2v) is 2.81. The molecule has 0 heterocycles. The van der Waals surface area contributed by atoms with E-state index in [0.717, 1.165) is 0 Å². The SMILES string of the molecule is CN(C(N)=O)c1ccc(C(N)=O)cc1. The van der Waals surface area contributed by atoms with Gasteiger partial charge in [-0.15, -0.1) is 0 Å². The maximum Gasteiger partial charge on any atom is 0.318 e. The molecule has 1 aromatic carbocycles. The van der Waals surface area contributed by atoms with Crippen LogP contribution in [0.15, 0.2) is 24.3 Å². The van der Waals surface area contributed by atoms with Crippen molar-refractivity contribution in [2.24, 2.45) is 11.5 Å². The summed E-state index contributed by atoms with van der Waals surface area (Å²) in [5.41, 5.74) is 11.1. The summed E-state index contributed by atoms with van der Waals surface area (Å²) in [6.07, 6.45) is 0. The van der Waals surface area contributed by atoms with Crippen molar-refractivity contribution in [2.75, 3.05) is 11.9 Å². The van der Waals surface area contributed by atoms with E-state index in [-0.39, 0.29) is 0 Å². The third-order valence-corrected chi connectivity index (χ3v) is 1.87. The number of anilines is 1. The third-order valence-electron chi connectivity index (χ3n) is 1.87. The van der Waals surface area contributed by atoms with Gasteiger partial charge in [-0.05, 0) is 24.3 Å². The van der Waals surface area contributed by atoms with Crippen molar-refractivity contribution in [1.82, 2.24) is 0 Å². The van der Waals surface area contributed by atoms with Gasteiger partial charge in [-0.1, -0.05) is 0 Å². The maximum absolute atomic E-state index is 10.8. The van der Waals surface area contributed by atoms with Gasteiger partial charge >= 0.3 is 6.03 Å². The van der Waals surface area contributed by atoms with Gasteiger partial charge in [-0.3, -0.25) is 9.69 Å². The van der Waals surface area contributed by atoms with Gasteiger partial charge in [0.2, 0.25) is 5.91 Å². The van der Waals surface area contributed by atoms with Crippen LogP contribution in [-0.2, 0) is 0 Å². The van der Waals surface area contributed by atoms with Crippen molar-refractivity contribution >= 4 is 17.6 Å². The maximum atomic E-state index is 10.8. The Bertz CT molecular complexity index is 359. The molecule has 1 aromatic rings. The van der Waals surface area contributed by atoms with Gasteiger partial charge in [0.1, 0.15) is 0 Å². The van der Waals surface area contributed by atoms with Crippen molar-refractivity contribution in [2.45, 2.75) is 0 Å². The van der Waals surface area contributed by atoms with E-state index in [1.165, 1.54) is 17.0 Å². The summed E-state index contributed by atoms with van der Waals surface area (Å²) < 4.78 is 0. The van der Waals surface area contributed by atoms with Crippen LogP contribution in [0.3, 0.4) is 0 Å². The van der Waals surface area contributed by atoms with Gasteiger partial charge in [-0.2, -0.15) is 0 Å². The molecule has 0 atom stereocenters. The van der Waals surface area contributed by atoms with Crippen molar-refractivity contribution in [3.63, 3.8) is 0 Å². The molecule has 3 amide bonds. The van der Waals surface area contributed by atoms with Crippen molar-refractivity contribution in [1.29, 1.82) is 0 Å². The van der Waals surface area contributed by atoms with E-state index in [1.54, 1.807) is 19.2 Å². The molecule has 0 aromatic heterocycles. The fraction of sp³-hybridized carbons (Fsp3) is 0.111. The predicted octanol–water partition coefficient (Wildman–Crippen LogP) is 0.300. The number of hydrogen-bond donors (Lipinski definition) is 2. The molecule has 0 radical (unpaired) electrons. The molecule has 14 heavy (non-hydrogen) atoms. The highest BCUT2D eigenvalue weighted by atomic mass is 16.2. The average molecular weight is 193 g/mol. The molecule has 1 rings (SSSR count). The summed E-state index contributed by atoms with van der Waals surface area (Å²) in [5.74, 6) is -0.502. The molecule has 0 spiro atoms. The monoisotopic (exact) mass is 193 g/mol. The van der Waals surface area contributed by atoms with Gasteiger partial charge in [0.15, 0.2) is 0 Å². The Morgan fingerprint density at radius 1 is 1.14 bits per heavy atom. The Morgan fingerprint density at radius 2 is 1.64 bits per heavy atom. The van der Waals surface area contributed by atoms with E-state index < -0.39 is 11.9 Å². The number of amides is 3. The molecule has 74 valence electrons. The van der Waals surface area contributed by atoms with E-state index >= 15 is 0 Å². The van der Waals surface area contributed by atoms with E-state index in [0.29, 0.717) is 11.3 Å². The minimum Gasteiger partial charge on any atom is -0.366 e. The fourth-order valence-electron chi connectivity index (χ4n) is 0.977. The van der Waals surface area contributed by atoms with E-state index in [2.05, 4.69) is 0 Å². The fourth-order valence-corrected chi connectivity index (χ4v) is 0.977. The van der Waals surface area contributed by atoms with Crippen LogP contribution < -0.4 is 16.4 Å². The van der Waals surface area contributed by atoms with Crippen LogP contribution in [0.4, 0.5) is 10.5 Å². The first-order valence-corrected chi connectivity index (χ1v) is 3.95. The molecule has 0 saturated carbocycles. The number of benzene rings is 1. The number of rotatable bonds is 2. The lowest BCUT2D eigenvalue weighted by atomic mass is 10.2. The molecule has 4 N–H and O–H groups in total. The molecule has 0 saturated heterocycles. The quantitative estimate of drug-likeness (QED) is 0.707. The Hall–Kier alpha value is -2.04. The minimum atomic E-state index is -0.558. The van der Waals surface area contributed by atoms with Crippen LogP contribution in [0.5, 0.6) is 0 Å².